The van der Waals surface area contributed by atoms with Gasteiger partial charge >= 0.3 is 0 Å². The van der Waals surface area contributed by atoms with Crippen molar-refractivity contribution in [2.45, 2.75) is 4.90 Å². The van der Waals surface area contributed by atoms with Crippen LogP contribution in [-0.2, 0) is 0 Å². The van der Waals surface area contributed by atoms with Gasteiger partial charge in [0, 0.05) is 20.0 Å². The molecule has 0 nitrogen and oxygen atoms in total. The van der Waals surface area contributed by atoms with Crippen molar-refractivity contribution in [3.63, 3.8) is 0 Å². The van der Waals surface area contributed by atoms with Gasteiger partial charge in [-0.05, 0) is 40.4 Å². The van der Waals surface area contributed by atoms with Gasteiger partial charge in [0.05, 0.1) is 3.79 Å². The molecule has 4 heteroatoms. The maximum absolute atomic E-state index is 5.99. The van der Waals surface area contributed by atoms with Crippen LogP contribution < -0.4 is 0 Å². The lowest BCUT2D eigenvalue weighted by Crippen LogP contribution is -1.71. The Morgan fingerprint density at radius 1 is 1.38 bits per heavy atom. The Hall–Kier alpha value is 0.300. The van der Waals surface area contributed by atoms with E-state index in [0.717, 1.165) is 8.81 Å². The average molecular weight is 294 g/mol. The molecule has 0 fully saturated rings. The quantitative estimate of drug-likeness (QED) is 0.664. The van der Waals surface area contributed by atoms with Crippen LogP contribution in [-0.4, -0.2) is 6.26 Å². The third-order valence-electron chi connectivity index (χ3n) is 1.75. The van der Waals surface area contributed by atoms with Crippen LogP contribution in [0.4, 0.5) is 0 Å². The number of hydrogen-bond donors (Lipinski definition) is 0. The van der Waals surface area contributed by atoms with E-state index in [0.29, 0.717) is 0 Å². The van der Waals surface area contributed by atoms with E-state index in [-0.39, 0.29) is 0 Å². The van der Waals surface area contributed by atoms with Crippen molar-refractivity contribution < 1.29 is 0 Å². The molecule has 0 bridgehead atoms. The zero-order chi connectivity index (χ0) is 9.42. The van der Waals surface area contributed by atoms with Crippen LogP contribution in [0.3, 0.4) is 0 Å². The monoisotopic (exact) mass is 292 g/mol. The number of benzene rings is 1. The minimum atomic E-state index is 0.811. The fourth-order valence-corrected chi connectivity index (χ4v) is 3.86. The Balaban J connectivity index is 2.80. The first kappa shape index (κ1) is 9.84. The third kappa shape index (κ3) is 1.89. The minimum Gasteiger partial charge on any atom is -0.129 e. The van der Waals surface area contributed by atoms with E-state index in [1.807, 2.05) is 12.1 Å². The predicted molar refractivity (Wildman–Crippen MR) is 66.3 cm³/mol. The van der Waals surface area contributed by atoms with Gasteiger partial charge in [-0.15, -0.1) is 23.1 Å². The summed E-state index contributed by atoms with van der Waals surface area (Å²) >= 11 is 12.9. The van der Waals surface area contributed by atoms with Gasteiger partial charge < -0.3 is 0 Å². The predicted octanol–water partition coefficient (Wildman–Crippen LogP) is 5.04. The van der Waals surface area contributed by atoms with Gasteiger partial charge in [0.25, 0.3) is 0 Å². The summed E-state index contributed by atoms with van der Waals surface area (Å²) in [6, 6.07) is 6.15. The summed E-state index contributed by atoms with van der Waals surface area (Å²) in [4.78, 5) is 1.24. The van der Waals surface area contributed by atoms with Crippen molar-refractivity contribution in [3.8, 4) is 0 Å². The summed E-state index contributed by atoms with van der Waals surface area (Å²) in [5, 5.41) is 2.10. The Morgan fingerprint density at radius 2 is 2.15 bits per heavy atom. The second-order valence-electron chi connectivity index (χ2n) is 2.57. The van der Waals surface area contributed by atoms with Crippen LogP contribution >= 0.6 is 50.6 Å². The molecule has 2 aromatic rings. The topological polar surface area (TPSA) is 0 Å². The van der Waals surface area contributed by atoms with Crippen molar-refractivity contribution in [2.75, 3.05) is 6.26 Å². The number of thioether (sulfide) groups is 1. The summed E-state index contributed by atoms with van der Waals surface area (Å²) in [5.41, 5.74) is 0. The molecule has 1 aromatic heterocycles. The van der Waals surface area contributed by atoms with Crippen LogP contribution in [0.15, 0.2) is 26.9 Å². The highest BCUT2D eigenvalue weighted by atomic mass is 79.9. The molecule has 13 heavy (non-hydrogen) atoms. The van der Waals surface area contributed by atoms with Crippen molar-refractivity contribution in [2.24, 2.45) is 0 Å². The standard InChI is InChI=1S/C9H6BrClS2/c1-12-7-2-5(11)3-8-6(7)4-9(10)13-8/h2-4H,1H3. The number of hydrogen-bond acceptors (Lipinski definition) is 2. The van der Waals surface area contributed by atoms with Crippen LogP contribution in [0.1, 0.15) is 0 Å². The van der Waals surface area contributed by atoms with Gasteiger partial charge in [0.2, 0.25) is 0 Å². The van der Waals surface area contributed by atoms with Crippen LogP contribution in [0.5, 0.6) is 0 Å². The molecule has 0 saturated carbocycles. The lowest BCUT2D eigenvalue weighted by atomic mass is 10.3. The molecule has 0 aliphatic rings. The molecule has 0 amide bonds. The number of thiophene rings is 1. The van der Waals surface area contributed by atoms with Crippen LogP contribution in [0.25, 0.3) is 10.1 Å². The molecule has 0 N–H and O–H groups in total. The van der Waals surface area contributed by atoms with Crippen molar-refractivity contribution >= 4 is 60.7 Å². The molecule has 1 heterocycles. The summed E-state index contributed by atoms with van der Waals surface area (Å²) in [5.74, 6) is 0. The molecular weight excluding hydrogens is 288 g/mol. The highest BCUT2D eigenvalue weighted by Gasteiger charge is 2.05. The molecule has 0 unspecified atom stereocenters. The Bertz CT molecular complexity index is 450. The Kier molecular flexibility index (Phi) is 2.88. The largest absolute Gasteiger partial charge is 0.129 e. The van der Waals surface area contributed by atoms with Crippen LogP contribution in [0, 0.1) is 0 Å². The second-order valence-corrected chi connectivity index (χ2v) is 6.32. The summed E-state index contributed by atoms with van der Waals surface area (Å²) in [7, 11) is 0. The molecule has 68 valence electrons. The highest BCUT2D eigenvalue weighted by Crippen LogP contribution is 2.37. The number of rotatable bonds is 1. The van der Waals surface area contributed by atoms with E-state index in [9.17, 15) is 0 Å². The third-order valence-corrected chi connectivity index (χ3v) is 4.33. The van der Waals surface area contributed by atoms with Crippen molar-refractivity contribution in [3.05, 3.63) is 27.0 Å². The van der Waals surface area contributed by atoms with Crippen LogP contribution in [0.2, 0.25) is 5.02 Å². The van der Waals surface area contributed by atoms with Gasteiger partial charge in [-0.3, -0.25) is 0 Å². The van der Waals surface area contributed by atoms with E-state index in [1.54, 1.807) is 23.1 Å². The molecule has 0 spiro atoms. The average Bonchev–Trinajstić information content (AvgIpc) is 2.43. The maximum Gasteiger partial charge on any atom is 0.0711 e. The molecule has 1 aromatic carbocycles. The Morgan fingerprint density at radius 3 is 2.85 bits per heavy atom. The smallest absolute Gasteiger partial charge is 0.0711 e. The van der Waals surface area contributed by atoms with E-state index in [4.69, 9.17) is 11.6 Å². The molecule has 2 rings (SSSR count). The van der Waals surface area contributed by atoms with Gasteiger partial charge in [0.1, 0.15) is 0 Å². The molecular formula is C9H6BrClS2. The first-order valence-electron chi connectivity index (χ1n) is 3.63. The zero-order valence-corrected chi connectivity index (χ0v) is 10.8. The van der Waals surface area contributed by atoms with E-state index < -0.39 is 0 Å². The summed E-state index contributed by atoms with van der Waals surface area (Å²) < 4.78 is 2.39. The first-order chi connectivity index (χ1) is 6.20. The maximum atomic E-state index is 5.99. The molecule has 0 radical (unpaired) electrons. The van der Waals surface area contributed by atoms with Crippen molar-refractivity contribution in [1.29, 1.82) is 0 Å². The van der Waals surface area contributed by atoms with E-state index in [2.05, 4.69) is 28.3 Å². The SMILES string of the molecule is CSc1cc(Cl)cc2sc(Br)cc12. The normalized spacial score (nSPS) is 11.0. The Labute approximate surface area is 98.4 Å². The second kappa shape index (κ2) is 3.81. The lowest BCUT2D eigenvalue weighted by molar-refractivity contribution is 1.57. The van der Waals surface area contributed by atoms with Gasteiger partial charge in [-0.1, -0.05) is 11.6 Å². The molecule has 0 saturated heterocycles. The number of halogens is 2. The molecule has 0 atom stereocenters. The fraction of sp³-hybridized carbons (Fsp3) is 0.111. The van der Waals surface area contributed by atoms with E-state index in [1.165, 1.54) is 15.0 Å². The number of fused-ring (bicyclic) bond motifs is 1. The van der Waals surface area contributed by atoms with Gasteiger partial charge in [-0.25, -0.2) is 0 Å². The molecule has 0 aliphatic carbocycles. The summed E-state index contributed by atoms with van der Waals surface area (Å²) in [6.45, 7) is 0. The fourth-order valence-electron chi connectivity index (χ4n) is 1.21. The highest BCUT2D eigenvalue weighted by molar-refractivity contribution is 9.11. The lowest BCUT2D eigenvalue weighted by Gasteiger charge is -1.99. The summed E-state index contributed by atoms with van der Waals surface area (Å²) in [6.07, 6.45) is 2.07. The van der Waals surface area contributed by atoms with Gasteiger partial charge in [-0.2, -0.15) is 0 Å². The minimum absolute atomic E-state index is 0.811. The van der Waals surface area contributed by atoms with Gasteiger partial charge in [0.15, 0.2) is 0 Å². The zero-order valence-electron chi connectivity index (χ0n) is 6.80. The molecule has 0 aliphatic heterocycles. The first-order valence-corrected chi connectivity index (χ1v) is 6.84. The van der Waals surface area contributed by atoms with E-state index >= 15 is 0 Å². The van der Waals surface area contributed by atoms with Crippen molar-refractivity contribution in [1.82, 2.24) is 0 Å².